The van der Waals surface area contributed by atoms with E-state index in [1.165, 1.54) is 0 Å². The Morgan fingerprint density at radius 1 is 1.57 bits per heavy atom. The van der Waals surface area contributed by atoms with Crippen LogP contribution in [0.15, 0.2) is 23.3 Å². The van der Waals surface area contributed by atoms with Gasteiger partial charge in [-0.3, -0.25) is 0 Å². The molecule has 0 bridgehead atoms. The van der Waals surface area contributed by atoms with Gasteiger partial charge in [-0.2, -0.15) is 0 Å². The van der Waals surface area contributed by atoms with E-state index in [0.29, 0.717) is 17.6 Å². The SMILES string of the molecule is CCNC(=NCc1ccc(Cl)nc1)N1CCC(COC)C1. The van der Waals surface area contributed by atoms with Crippen molar-refractivity contribution in [1.82, 2.24) is 15.2 Å². The minimum Gasteiger partial charge on any atom is -0.384 e. The monoisotopic (exact) mass is 310 g/mol. The van der Waals surface area contributed by atoms with Crippen LogP contribution in [0.2, 0.25) is 5.15 Å². The third kappa shape index (κ3) is 4.86. The summed E-state index contributed by atoms with van der Waals surface area (Å²) in [5.41, 5.74) is 1.06. The molecule has 21 heavy (non-hydrogen) atoms. The maximum atomic E-state index is 5.79. The molecule has 1 aromatic rings. The van der Waals surface area contributed by atoms with Gasteiger partial charge in [0.2, 0.25) is 0 Å². The summed E-state index contributed by atoms with van der Waals surface area (Å²) in [6.45, 7) is 6.40. The van der Waals surface area contributed by atoms with E-state index >= 15 is 0 Å². The number of likely N-dealkylation sites (tertiary alicyclic amines) is 1. The van der Waals surface area contributed by atoms with E-state index in [1.54, 1.807) is 19.4 Å². The van der Waals surface area contributed by atoms with E-state index in [9.17, 15) is 0 Å². The van der Waals surface area contributed by atoms with Gasteiger partial charge < -0.3 is 15.0 Å². The molecule has 0 saturated carbocycles. The van der Waals surface area contributed by atoms with Gasteiger partial charge in [0.25, 0.3) is 0 Å². The number of nitrogens with zero attached hydrogens (tertiary/aromatic N) is 3. The van der Waals surface area contributed by atoms with Gasteiger partial charge in [0.05, 0.1) is 13.2 Å². The molecule has 0 radical (unpaired) electrons. The van der Waals surface area contributed by atoms with Crippen molar-refractivity contribution in [3.05, 3.63) is 29.0 Å². The number of halogens is 1. The number of methoxy groups -OCH3 is 1. The summed E-state index contributed by atoms with van der Waals surface area (Å²) in [6.07, 6.45) is 2.92. The summed E-state index contributed by atoms with van der Waals surface area (Å²) in [5.74, 6) is 1.56. The van der Waals surface area contributed by atoms with Gasteiger partial charge in [-0.15, -0.1) is 0 Å². The van der Waals surface area contributed by atoms with E-state index in [0.717, 1.165) is 44.2 Å². The Labute approximate surface area is 131 Å². The molecular formula is C15H23ClN4O. The van der Waals surface area contributed by atoms with Crippen LogP contribution in [0.5, 0.6) is 0 Å². The smallest absolute Gasteiger partial charge is 0.194 e. The van der Waals surface area contributed by atoms with E-state index in [4.69, 9.17) is 21.3 Å². The largest absolute Gasteiger partial charge is 0.384 e. The minimum absolute atomic E-state index is 0.511. The standard InChI is InChI=1S/C15H23ClN4O/c1-3-17-15(20-7-6-13(10-20)11-21-2)19-9-12-4-5-14(16)18-8-12/h4-5,8,13H,3,6-7,9-11H2,1-2H3,(H,17,19). The summed E-state index contributed by atoms with van der Waals surface area (Å²) >= 11 is 5.79. The molecule has 0 spiro atoms. The third-order valence-corrected chi connectivity index (χ3v) is 3.75. The number of rotatable bonds is 5. The molecule has 0 aliphatic carbocycles. The fraction of sp³-hybridized carbons (Fsp3) is 0.600. The first kappa shape index (κ1) is 16.0. The van der Waals surface area contributed by atoms with Gasteiger partial charge in [-0.05, 0) is 25.0 Å². The lowest BCUT2D eigenvalue weighted by molar-refractivity contribution is 0.157. The zero-order chi connectivity index (χ0) is 15.1. The topological polar surface area (TPSA) is 49.8 Å². The first-order valence-electron chi connectivity index (χ1n) is 7.35. The van der Waals surface area contributed by atoms with Crippen molar-refractivity contribution in [2.24, 2.45) is 10.9 Å². The van der Waals surface area contributed by atoms with E-state index in [1.807, 2.05) is 6.07 Å². The number of hydrogen-bond acceptors (Lipinski definition) is 3. The highest BCUT2D eigenvalue weighted by Gasteiger charge is 2.24. The lowest BCUT2D eigenvalue weighted by Gasteiger charge is -2.21. The molecule has 2 heterocycles. The van der Waals surface area contributed by atoms with Gasteiger partial charge in [0.1, 0.15) is 5.15 Å². The van der Waals surface area contributed by atoms with Crippen molar-refractivity contribution in [2.75, 3.05) is 33.4 Å². The molecule has 0 amide bonds. The summed E-state index contributed by atoms with van der Waals surface area (Å²) in [6, 6.07) is 3.75. The van der Waals surface area contributed by atoms with E-state index in [-0.39, 0.29) is 0 Å². The molecule has 1 atom stereocenters. The Balaban J connectivity index is 1.97. The maximum Gasteiger partial charge on any atom is 0.194 e. The van der Waals surface area contributed by atoms with Gasteiger partial charge in [0.15, 0.2) is 5.96 Å². The second-order valence-corrected chi connectivity index (χ2v) is 5.60. The zero-order valence-electron chi connectivity index (χ0n) is 12.7. The fourth-order valence-electron chi connectivity index (χ4n) is 2.49. The predicted octanol–water partition coefficient (Wildman–Crippen LogP) is 2.17. The van der Waals surface area contributed by atoms with Crippen LogP contribution in [0.3, 0.4) is 0 Å². The summed E-state index contributed by atoms with van der Waals surface area (Å²) in [5, 5.41) is 3.87. The molecular weight excluding hydrogens is 288 g/mol. The molecule has 5 nitrogen and oxygen atoms in total. The van der Waals surface area contributed by atoms with Crippen molar-refractivity contribution >= 4 is 17.6 Å². The summed E-state index contributed by atoms with van der Waals surface area (Å²) < 4.78 is 5.25. The molecule has 1 fully saturated rings. The molecule has 0 aromatic carbocycles. The van der Waals surface area contributed by atoms with Crippen LogP contribution in [-0.2, 0) is 11.3 Å². The maximum absolute atomic E-state index is 5.79. The lowest BCUT2D eigenvalue weighted by Crippen LogP contribution is -2.40. The van der Waals surface area contributed by atoms with Crippen LogP contribution in [-0.4, -0.2) is 49.2 Å². The molecule has 1 unspecified atom stereocenters. The number of aliphatic imine (C=N–C) groups is 1. The normalized spacial score (nSPS) is 19.1. The number of hydrogen-bond donors (Lipinski definition) is 1. The first-order chi connectivity index (χ1) is 10.2. The van der Waals surface area contributed by atoms with Crippen LogP contribution in [0.1, 0.15) is 18.9 Å². The zero-order valence-corrected chi connectivity index (χ0v) is 13.4. The second kappa shape index (κ2) is 8.20. The average Bonchev–Trinajstić information content (AvgIpc) is 2.94. The number of aromatic nitrogens is 1. The van der Waals surface area contributed by atoms with Crippen LogP contribution >= 0.6 is 11.6 Å². The van der Waals surface area contributed by atoms with Gasteiger partial charge in [-0.25, -0.2) is 9.98 Å². The number of pyridine rings is 1. The van der Waals surface area contributed by atoms with Gasteiger partial charge >= 0.3 is 0 Å². The number of nitrogens with one attached hydrogen (secondary N) is 1. The number of guanidine groups is 1. The fourth-order valence-corrected chi connectivity index (χ4v) is 2.60. The summed E-state index contributed by atoms with van der Waals surface area (Å²) in [7, 11) is 1.76. The minimum atomic E-state index is 0.511. The van der Waals surface area contributed by atoms with E-state index in [2.05, 4.69) is 22.1 Å². The number of ether oxygens (including phenoxy) is 1. The first-order valence-corrected chi connectivity index (χ1v) is 7.73. The predicted molar refractivity (Wildman–Crippen MR) is 85.6 cm³/mol. The van der Waals surface area contributed by atoms with Gasteiger partial charge in [-0.1, -0.05) is 17.7 Å². The highest BCUT2D eigenvalue weighted by molar-refractivity contribution is 6.29. The van der Waals surface area contributed by atoms with Crippen LogP contribution in [0.4, 0.5) is 0 Å². The molecule has 1 saturated heterocycles. The average molecular weight is 311 g/mol. The molecule has 6 heteroatoms. The van der Waals surface area contributed by atoms with Crippen LogP contribution < -0.4 is 5.32 Å². The Morgan fingerprint density at radius 3 is 3.10 bits per heavy atom. The van der Waals surface area contributed by atoms with Gasteiger partial charge in [0, 0.05) is 38.9 Å². The Morgan fingerprint density at radius 2 is 2.43 bits per heavy atom. The molecule has 2 rings (SSSR count). The lowest BCUT2D eigenvalue weighted by atomic mass is 10.1. The van der Waals surface area contributed by atoms with E-state index < -0.39 is 0 Å². The van der Waals surface area contributed by atoms with Crippen molar-refractivity contribution in [2.45, 2.75) is 19.9 Å². The second-order valence-electron chi connectivity index (χ2n) is 5.22. The molecule has 1 N–H and O–H groups in total. The quantitative estimate of drug-likeness (QED) is 0.514. The van der Waals surface area contributed by atoms with Crippen molar-refractivity contribution in [3.63, 3.8) is 0 Å². The van der Waals surface area contributed by atoms with Crippen LogP contribution in [0, 0.1) is 5.92 Å². The van der Waals surface area contributed by atoms with Crippen molar-refractivity contribution in [3.8, 4) is 0 Å². The third-order valence-electron chi connectivity index (χ3n) is 3.52. The van der Waals surface area contributed by atoms with Crippen molar-refractivity contribution in [1.29, 1.82) is 0 Å². The summed E-state index contributed by atoms with van der Waals surface area (Å²) in [4.78, 5) is 11.1. The highest BCUT2D eigenvalue weighted by atomic mass is 35.5. The van der Waals surface area contributed by atoms with Crippen LogP contribution in [0.25, 0.3) is 0 Å². The molecule has 116 valence electrons. The molecule has 1 aliphatic rings. The van der Waals surface area contributed by atoms with Crippen molar-refractivity contribution < 1.29 is 4.74 Å². The Kier molecular flexibility index (Phi) is 6.26. The Hall–Kier alpha value is -1.33. The highest BCUT2D eigenvalue weighted by Crippen LogP contribution is 2.16. The molecule has 1 aromatic heterocycles. The molecule has 1 aliphatic heterocycles. The Bertz CT molecular complexity index is 463.